The van der Waals surface area contributed by atoms with Gasteiger partial charge in [0, 0.05) is 17.2 Å². The highest BCUT2D eigenvalue weighted by atomic mass is 32.1. The number of thiazole rings is 1. The second-order valence-corrected chi connectivity index (χ2v) is 5.15. The Morgan fingerprint density at radius 3 is 2.69 bits per heavy atom. The first-order valence-corrected chi connectivity index (χ1v) is 5.48. The van der Waals surface area contributed by atoms with Crippen molar-refractivity contribution in [2.75, 3.05) is 0 Å². The summed E-state index contributed by atoms with van der Waals surface area (Å²) in [6, 6.07) is 0. The van der Waals surface area contributed by atoms with E-state index in [0.717, 1.165) is 12.8 Å². The summed E-state index contributed by atoms with van der Waals surface area (Å²) in [6.45, 7) is 10.3. The van der Waals surface area contributed by atoms with Crippen LogP contribution in [0.15, 0.2) is 18.0 Å². The third-order valence-electron chi connectivity index (χ3n) is 1.88. The number of aromatic nitrogens is 1. The van der Waals surface area contributed by atoms with E-state index in [9.17, 15) is 0 Å². The minimum Gasteiger partial charge on any atom is -0.246 e. The van der Waals surface area contributed by atoms with E-state index < -0.39 is 0 Å². The average molecular weight is 195 g/mol. The van der Waals surface area contributed by atoms with Crippen LogP contribution in [0.25, 0.3) is 0 Å². The minimum atomic E-state index is 0.183. The molecule has 13 heavy (non-hydrogen) atoms. The number of hydrogen-bond donors (Lipinski definition) is 0. The lowest BCUT2D eigenvalue weighted by Crippen LogP contribution is -2.11. The van der Waals surface area contributed by atoms with Gasteiger partial charge in [0.2, 0.25) is 0 Å². The first-order valence-electron chi connectivity index (χ1n) is 4.60. The van der Waals surface area contributed by atoms with E-state index in [1.165, 1.54) is 10.7 Å². The molecule has 0 saturated heterocycles. The predicted octanol–water partition coefficient (Wildman–Crippen LogP) is 3.56. The van der Waals surface area contributed by atoms with Gasteiger partial charge in [-0.3, -0.25) is 0 Å². The highest BCUT2D eigenvalue weighted by molar-refractivity contribution is 7.09. The van der Waals surface area contributed by atoms with Crippen molar-refractivity contribution < 1.29 is 0 Å². The van der Waals surface area contributed by atoms with Crippen molar-refractivity contribution in [3.63, 3.8) is 0 Å². The Morgan fingerprint density at radius 1 is 1.54 bits per heavy atom. The van der Waals surface area contributed by atoms with Gasteiger partial charge in [-0.25, -0.2) is 4.98 Å². The molecular formula is C11H17NS. The molecule has 0 amide bonds. The molecule has 0 fully saturated rings. The lowest BCUT2D eigenvalue weighted by molar-refractivity contribution is 0.571. The van der Waals surface area contributed by atoms with E-state index >= 15 is 0 Å². The van der Waals surface area contributed by atoms with Crippen LogP contribution < -0.4 is 0 Å². The highest BCUT2D eigenvalue weighted by Gasteiger charge is 2.16. The van der Waals surface area contributed by atoms with Gasteiger partial charge in [-0.2, -0.15) is 0 Å². The number of nitrogens with zero attached hydrogens (tertiary/aromatic N) is 1. The molecule has 0 aliphatic rings. The molecule has 0 saturated carbocycles. The average Bonchev–Trinajstić information content (AvgIpc) is 2.47. The molecule has 1 rings (SSSR count). The first kappa shape index (κ1) is 10.5. The molecule has 0 unspecified atom stereocenters. The normalized spacial score (nSPS) is 11.6. The molecule has 0 aliphatic carbocycles. The Morgan fingerprint density at radius 2 is 2.23 bits per heavy atom. The topological polar surface area (TPSA) is 12.9 Å². The maximum Gasteiger partial charge on any atom is 0.0931 e. The Bertz CT molecular complexity index is 281. The Hall–Kier alpha value is -0.630. The summed E-state index contributed by atoms with van der Waals surface area (Å²) in [6.07, 6.45) is 4.00. The molecule has 0 spiro atoms. The minimum absolute atomic E-state index is 0.183. The molecule has 0 aromatic carbocycles. The molecule has 0 aliphatic heterocycles. The van der Waals surface area contributed by atoms with E-state index in [1.54, 1.807) is 11.3 Å². The number of rotatable bonds is 3. The second-order valence-electron chi connectivity index (χ2n) is 4.20. The summed E-state index contributed by atoms with van der Waals surface area (Å²) < 4.78 is 0. The van der Waals surface area contributed by atoms with Crippen LogP contribution in [0.3, 0.4) is 0 Å². The van der Waals surface area contributed by atoms with Crippen LogP contribution >= 0.6 is 11.3 Å². The third-order valence-corrected chi connectivity index (χ3v) is 2.79. The maximum atomic E-state index is 4.59. The van der Waals surface area contributed by atoms with Crippen LogP contribution in [0, 0.1) is 0 Å². The van der Waals surface area contributed by atoms with Gasteiger partial charge in [-0.05, 0) is 6.42 Å². The lowest BCUT2D eigenvalue weighted by Gasteiger charge is -2.14. The highest BCUT2D eigenvalue weighted by Crippen LogP contribution is 2.24. The lowest BCUT2D eigenvalue weighted by atomic mass is 9.93. The van der Waals surface area contributed by atoms with Crippen molar-refractivity contribution >= 4 is 11.3 Å². The van der Waals surface area contributed by atoms with Crippen LogP contribution in [0.2, 0.25) is 0 Å². The van der Waals surface area contributed by atoms with E-state index in [-0.39, 0.29) is 5.41 Å². The molecule has 1 heterocycles. The fraction of sp³-hybridized carbons (Fsp3) is 0.545. The number of aryl methyl sites for hydroxylation is 1. The quantitative estimate of drug-likeness (QED) is 0.672. The van der Waals surface area contributed by atoms with E-state index in [4.69, 9.17) is 0 Å². The van der Waals surface area contributed by atoms with Gasteiger partial charge >= 0.3 is 0 Å². The molecule has 0 N–H and O–H groups in total. The fourth-order valence-electron chi connectivity index (χ4n) is 0.996. The van der Waals surface area contributed by atoms with Crippen molar-refractivity contribution in [3.8, 4) is 0 Å². The number of allylic oxidation sites excluding steroid dienone is 1. The molecule has 1 aromatic rings. The summed E-state index contributed by atoms with van der Waals surface area (Å²) in [5.41, 5.74) is 1.39. The summed E-state index contributed by atoms with van der Waals surface area (Å²) >= 11 is 1.76. The van der Waals surface area contributed by atoms with Crippen LogP contribution in [-0.4, -0.2) is 4.98 Å². The summed E-state index contributed by atoms with van der Waals surface area (Å²) in [4.78, 5) is 4.59. The van der Waals surface area contributed by atoms with Crippen molar-refractivity contribution in [2.45, 2.75) is 39.0 Å². The summed E-state index contributed by atoms with van der Waals surface area (Å²) in [5, 5.41) is 3.39. The monoisotopic (exact) mass is 195 g/mol. The van der Waals surface area contributed by atoms with Crippen molar-refractivity contribution in [3.05, 3.63) is 28.7 Å². The van der Waals surface area contributed by atoms with Crippen LogP contribution in [0.4, 0.5) is 0 Å². The van der Waals surface area contributed by atoms with E-state index in [1.807, 2.05) is 6.08 Å². The summed E-state index contributed by atoms with van der Waals surface area (Å²) in [5.74, 6) is 0. The standard InChI is InChI=1S/C11H17NS/c1-5-6-7-10-12-9(8-13-10)11(2,3)4/h5,8H,1,6-7H2,2-4H3. The van der Waals surface area contributed by atoms with Crippen LogP contribution in [-0.2, 0) is 11.8 Å². The van der Waals surface area contributed by atoms with Crippen molar-refractivity contribution in [2.24, 2.45) is 0 Å². The maximum absolute atomic E-state index is 4.59. The van der Waals surface area contributed by atoms with E-state index in [2.05, 4.69) is 37.7 Å². The molecule has 1 aromatic heterocycles. The summed E-state index contributed by atoms with van der Waals surface area (Å²) in [7, 11) is 0. The number of hydrogen-bond acceptors (Lipinski definition) is 2. The van der Waals surface area contributed by atoms with E-state index in [0.29, 0.717) is 0 Å². The van der Waals surface area contributed by atoms with Crippen molar-refractivity contribution in [1.82, 2.24) is 4.98 Å². The molecule has 0 atom stereocenters. The SMILES string of the molecule is C=CCCc1nc(C(C)(C)C)cs1. The van der Waals surface area contributed by atoms with Gasteiger partial charge in [0.15, 0.2) is 0 Å². The molecule has 2 heteroatoms. The molecule has 0 radical (unpaired) electrons. The largest absolute Gasteiger partial charge is 0.246 e. The zero-order valence-electron chi connectivity index (χ0n) is 8.63. The molecular weight excluding hydrogens is 178 g/mol. The predicted molar refractivity (Wildman–Crippen MR) is 59.3 cm³/mol. The van der Waals surface area contributed by atoms with Crippen LogP contribution in [0.1, 0.15) is 37.9 Å². The first-order chi connectivity index (χ1) is 6.04. The van der Waals surface area contributed by atoms with Gasteiger partial charge in [-0.15, -0.1) is 17.9 Å². The fourth-order valence-corrected chi connectivity index (χ4v) is 2.04. The Balaban J connectivity index is 2.69. The third kappa shape index (κ3) is 2.96. The Kier molecular flexibility index (Phi) is 3.26. The van der Waals surface area contributed by atoms with Crippen LogP contribution in [0.5, 0.6) is 0 Å². The van der Waals surface area contributed by atoms with Gasteiger partial charge < -0.3 is 0 Å². The molecule has 72 valence electrons. The smallest absolute Gasteiger partial charge is 0.0931 e. The zero-order chi connectivity index (χ0) is 9.90. The molecule has 1 nitrogen and oxygen atoms in total. The van der Waals surface area contributed by atoms with Gasteiger partial charge in [0.1, 0.15) is 0 Å². The second kappa shape index (κ2) is 4.05. The van der Waals surface area contributed by atoms with Gasteiger partial charge in [-0.1, -0.05) is 26.8 Å². The zero-order valence-corrected chi connectivity index (χ0v) is 9.45. The molecule has 0 bridgehead atoms. The Labute approximate surface area is 84.5 Å². The van der Waals surface area contributed by atoms with Gasteiger partial charge in [0.25, 0.3) is 0 Å². The van der Waals surface area contributed by atoms with Gasteiger partial charge in [0.05, 0.1) is 10.7 Å². The van der Waals surface area contributed by atoms with Crippen molar-refractivity contribution in [1.29, 1.82) is 0 Å².